The van der Waals surface area contributed by atoms with Gasteiger partial charge in [0, 0.05) is 45.3 Å². The number of hydrogen-bond donors (Lipinski definition) is 4. The van der Waals surface area contributed by atoms with Gasteiger partial charge in [-0.05, 0) is 48.5 Å². The standard InChI is InChI=1S/C20H24N2O2S2.C16H16N2O2S2/c1-13(2)19(23)21-15-9-5-7-11-17(15)25-26-18-12-8-6-10-16(18)22-20(24)14(3)4;1-11(19)17-13-7-3-5-9-15(13)21-22-16-10-6-4-8-14(16)18-12(2)20/h5-14H,1-4H3,(H,21,23)(H,22,24);3-10H,1-2H3,(H,17,19)(H,18,20). The number of benzene rings is 4. The van der Waals surface area contributed by atoms with Crippen LogP contribution in [0.2, 0.25) is 0 Å². The third-order valence-corrected chi connectivity index (χ3v) is 11.1. The summed E-state index contributed by atoms with van der Waals surface area (Å²) in [7, 11) is 6.18. The van der Waals surface area contributed by atoms with Gasteiger partial charge in [-0.15, -0.1) is 0 Å². The Kier molecular flexibility index (Phi) is 16.0. The van der Waals surface area contributed by atoms with E-state index in [-0.39, 0.29) is 35.5 Å². The molecule has 0 saturated carbocycles. The van der Waals surface area contributed by atoms with E-state index in [9.17, 15) is 19.2 Å². The molecule has 0 bridgehead atoms. The Morgan fingerprint density at radius 3 is 0.875 bits per heavy atom. The van der Waals surface area contributed by atoms with E-state index < -0.39 is 0 Å². The zero-order valence-corrected chi connectivity index (χ0v) is 30.9. The van der Waals surface area contributed by atoms with Gasteiger partial charge in [0.05, 0.1) is 22.7 Å². The molecule has 4 N–H and O–H groups in total. The lowest BCUT2D eigenvalue weighted by atomic mass is 10.2. The zero-order chi connectivity index (χ0) is 35.1. The highest BCUT2D eigenvalue weighted by Crippen LogP contribution is 2.44. The van der Waals surface area contributed by atoms with Crippen LogP contribution in [-0.4, -0.2) is 23.6 Å². The summed E-state index contributed by atoms with van der Waals surface area (Å²) in [5.74, 6) is -0.367. The van der Waals surface area contributed by atoms with Crippen LogP contribution < -0.4 is 21.3 Å². The molecule has 12 heteroatoms. The summed E-state index contributed by atoms with van der Waals surface area (Å²) in [5, 5.41) is 11.6. The highest BCUT2D eigenvalue weighted by atomic mass is 33.1. The number of carbonyl (C=O) groups excluding carboxylic acids is 4. The first-order valence-electron chi connectivity index (χ1n) is 15.2. The average molecular weight is 721 g/mol. The molecule has 0 aliphatic rings. The second kappa shape index (κ2) is 19.9. The van der Waals surface area contributed by atoms with Crippen molar-refractivity contribution in [2.24, 2.45) is 11.8 Å². The molecule has 0 fully saturated rings. The molecule has 8 nitrogen and oxygen atoms in total. The maximum absolute atomic E-state index is 12.0. The van der Waals surface area contributed by atoms with Crippen molar-refractivity contribution in [1.82, 2.24) is 0 Å². The molecule has 0 heterocycles. The number of hydrogen-bond acceptors (Lipinski definition) is 8. The quantitative estimate of drug-likeness (QED) is 0.107. The number of para-hydroxylation sites is 4. The van der Waals surface area contributed by atoms with Gasteiger partial charge in [-0.3, -0.25) is 19.2 Å². The second-order valence-corrected chi connectivity index (χ2v) is 15.4. The van der Waals surface area contributed by atoms with Gasteiger partial charge in [-0.2, -0.15) is 0 Å². The van der Waals surface area contributed by atoms with E-state index in [1.54, 1.807) is 21.6 Å². The molecule has 0 saturated heterocycles. The highest BCUT2D eigenvalue weighted by Gasteiger charge is 2.14. The third-order valence-electron chi connectivity index (χ3n) is 6.18. The van der Waals surface area contributed by atoms with Crippen LogP contribution in [0.4, 0.5) is 22.7 Å². The van der Waals surface area contributed by atoms with E-state index in [1.165, 1.54) is 35.4 Å². The van der Waals surface area contributed by atoms with Crippen LogP contribution in [0.1, 0.15) is 41.5 Å². The Morgan fingerprint density at radius 2 is 0.646 bits per heavy atom. The fourth-order valence-corrected chi connectivity index (χ4v) is 8.24. The first-order chi connectivity index (χ1) is 22.9. The Bertz CT molecular complexity index is 1590. The lowest BCUT2D eigenvalue weighted by molar-refractivity contribution is -0.119. The van der Waals surface area contributed by atoms with Crippen LogP contribution >= 0.6 is 43.2 Å². The Hall–Kier alpha value is -3.84. The van der Waals surface area contributed by atoms with Crippen LogP contribution in [0.3, 0.4) is 0 Å². The number of carbonyl (C=O) groups is 4. The molecule has 4 amide bonds. The van der Waals surface area contributed by atoms with Crippen molar-refractivity contribution in [3.63, 3.8) is 0 Å². The van der Waals surface area contributed by atoms with Gasteiger partial charge in [0.2, 0.25) is 23.6 Å². The third kappa shape index (κ3) is 13.0. The molecule has 0 unspecified atom stereocenters. The van der Waals surface area contributed by atoms with E-state index in [0.29, 0.717) is 0 Å². The molecule has 0 atom stereocenters. The Morgan fingerprint density at radius 1 is 0.417 bits per heavy atom. The first kappa shape index (κ1) is 38.6. The van der Waals surface area contributed by atoms with Crippen molar-refractivity contribution in [2.45, 2.75) is 61.1 Å². The second-order valence-electron chi connectivity index (χ2n) is 11.0. The van der Waals surface area contributed by atoms with Gasteiger partial charge in [0.25, 0.3) is 0 Å². The highest BCUT2D eigenvalue weighted by molar-refractivity contribution is 8.77. The number of amides is 4. The Balaban J connectivity index is 0.000000264. The average Bonchev–Trinajstić information content (AvgIpc) is 3.05. The van der Waals surface area contributed by atoms with Gasteiger partial charge in [-0.1, -0.05) is 119 Å². The molecule has 0 aliphatic heterocycles. The minimum atomic E-state index is -0.100. The maximum atomic E-state index is 12.0. The molecule has 0 aliphatic carbocycles. The van der Waals surface area contributed by atoms with Gasteiger partial charge >= 0.3 is 0 Å². The predicted octanol–water partition coefficient (Wildman–Crippen LogP) is 10.1. The van der Waals surface area contributed by atoms with Gasteiger partial charge < -0.3 is 21.3 Å². The molecule has 4 rings (SSSR count). The normalized spacial score (nSPS) is 10.5. The van der Waals surface area contributed by atoms with Gasteiger partial charge in [0.15, 0.2) is 0 Å². The van der Waals surface area contributed by atoms with Gasteiger partial charge in [0.1, 0.15) is 0 Å². The van der Waals surface area contributed by atoms with E-state index in [1.807, 2.05) is 125 Å². The molecule has 4 aromatic carbocycles. The van der Waals surface area contributed by atoms with E-state index >= 15 is 0 Å². The minimum absolute atomic E-state index is 0.00681. The van der Waals surface area contributed by atoms with Crippen molar-refractivity contribution in [2.75, 3.05) is 21.3 Å². The van der Waals surface area contributed by atoms with E-state index in [0.717, 1.165) is 42.3 Å². The van der Waals surface area contributed by atoms with E-state index in [4.69, 9.17) is 0 Å². The van der Waals surface area contributed by atoms with Crippen LogP contribution in [0, 0.1) is 11.8 Å². The fourth-order valence-electron chi connectivity index (χ4n) is 3.68. The van der Waals surface area contributed by atoms with Crippen LogP contribution in [0.15, 0.2) is 117 Å². The topological polar surface area (TPSA) is 116 Å². The predicted molar refractivity (Wildman–Crippen MR) is 205 cm³/mol. The molecule has 4 aromatic rings. The first-order valence-corrected chi connectivity index (χ1v) is 19.5. The molecule has 0 aromatic heterocycles. The molecule has 252 valence electrons. The zero-order valence-electron chi connectivity index (χ0n) is 27.7. The lowest BCUT2D eigenvalue weighted by Crippen LogP contribution is -2.18. The maximum Gasteiger partial charge on any atom is 0.226 e. The SMILES string of the molecule is CC(=O)Nc1ccccc1SSc1ccccc1NC(C)=O.CC(C)C(=O)Nc1ccccc1SSc1ccccc1NC(=O)C(C)C. The molecule has 48 heavy (non-hydrogen) atoms. The summed E-state index contributed by atoms with van der Waals surface area (Å²) in [6.07, 6.45) is 0. The summed E-state index contributed by atoms with van der Waals surface area (Å²) in [4.78, 5) is 50.3. The molecular weight excluding hydrogens is 681 g/mol. The lowest BCUT2D eigenvalue weighted by Gasteiger charge is -2.14. The molecule has 0 spiro atoms. The molecule has 0 radical (unpaired) electrons. The fraction of sp³-hybridized carbons (Fsp3) is 0.222. The number of anilines is 4. The summed E-state index contributed by atoms with van der Waals surface area (Å²) in [6.45, 7) is 10.4. The minimum Gasteiger partial charge on any atom is -0.325 e. The summed E-state index contributed by atoms with van der Waals surface area (Å²) >= 11 is 0. The molecular formula is C36H40N4O4S4. The van der Waals surface area contributed by atoms with Crippen LogP contribution in [0.5, 0.6) is 0 Å². The number of rotatable bonds is 12. The van der Waals surface area contributed by atoms with Crippen molar-refractivity contribution in [3.8, 4) is 0 Å². The van der Waals surface area contributed by atoms with Gasteiger partial charge in [-0.25, -0.2) is 0 Å². The van der Waals surface area contributed by atoms with Crippen molar-refractivity contribution >= 4 is 89.6 Å². The van der Waals surface area contributed by atoms with Crippen molar-refractivity contribution in [3.05, 3.63) is 97.1 Å². The Labute approximate surface area is 298 Å². The monoisotopic (exact) mass is 720 g/mol. The van der Waals surface area contributed by atoms with E-state index in [2.05, 4.69) is 21.3 Å². The largest absolute Gasteiger partial charge is 0.325 e. The summed E-state index contributed by atoms with van der Waals surface area (Å²) < 4.78 is 0. The van der Waals surface area contributed by atoms with Crippen molar-refractivity contribution in [1.29, 1.82) is 0 Å². The number of nitrogens with one attached hydrogen (secondary N) is 4. The van der Waals surface area contributed by atoms with Crippen LogP contribution in [-0.2, 0) is 19.2 Å². The van der Waals surface area contributed by atoms with Crippen molar-refractivity contribution < 1.29 is 19.2 Å². The summed E-state index contributed by atoms with van der Waals surface area (Å²) in [6, 6.07) is 30.7. The smallest absolute Gasteiger partial charge is 0.226 e. The summed E-state index contributed by atoms with van der Waals surface area (Å²) in [5.41, 5.74) is 3.16. The van der Waals surface area contributed by atoms with Crippen LogP contribution in [0.25, 0.3) is 0 Å².